The summed E-state index contributed by atoms with van der Waals surface area (Å²) in [7, 11) is 3.64. The van der Waals surface area contributed by atoms with Crippen LogP contribution in [0, 0.1) is 29.3 Å². The Morgan fingerprint density at radius 2 is 1.67 bits per heavy atom. The molecule has 0 saturated heterocycles. The predicted molar refractivity (Wildman–Crippen MR) is 51.7 cm³/mol. The summed E-state index contributed by atoms with van der Waals surface area (Å²) in [4.78, 5) is 1.81. The van der Waals surface area contributed by atoms with E-state index in [0.29, 0.717) is 6.54 Å². The van der Waals surface area contributed by atoms with E-state index in [0.717, 1.165) is 12.1 Å². The second-order valence-corrected chi connectivity index (χ2v) is 3.29. The highest BCUT2D eigenvalue weighted by molar-refractivity contribution is 5.35. The summed E-state index contributed by atoms with van der Waals surface area (Å²) in [6, 6.07) is 1.75. The molecule has 80 valence electrons. The fourth-order valence-electron chi connectivity index (χ4n) is 0.927. The van der Waals surface area contributed by atoms with E-state index in [4.69, 9.17) is 0 Å². The van der Waals surface area contributed by atoms with Gasteiger partial charge in [-0.3, -0.25) is 4.90 Å². The molecule has 0 unspecified atom stereocenters. The van der Waals surface area contributed by atoms with Crippen LogP contribution in [0.5, 0.6) is 0 Å². The van der Waals surface area contributed by atoms with E-state index in [2.05, 4.69) is 11.8 Å². The Labute approximate surface area is 86.5 Å². The minimum absolute atomic E-state index is 0.133. The Bertz CT molecular complexity index is 393. The monoisotopic (exact) mass is 213 g/mol. The highest BCUT2D eigenvalue weighted by atomic mass is 19.2. The maximum absolute atomic E-state index is 12.7. The second-order valence-electron chi connectivity index (χ2n) is 3.29. The Balaban J connectivity index is 2.91. The SMILES string of the molecule is CN(C)CC#Cc1cc(F)c(F)c(F)c1. The second kappa shape index (κ2) is 4.85. The number of rotatable bonds is 1. The topological polar surface area (TPSA) is 3.24 Å². The minimum Gasteiger partial charge on any atom is -0.299 e. The maximum atomic E-state index is 12.7. The molecule has 0 saturated carbocycles. The van der Waals surface area contributed by atoms with Gasteiger partial charge in [-0.2, -0.15) is 0 Å². The predicted octanol–water partition coefficient (Wildman–Crippen LogP) is 2.02. The van der Waals surface area contributed by atoms with Gasteiger partial charge in [0.2, 0.25) is 0 Å². The summed E-state index contributed by atoms with van der Waals surface area (Å²) >= 11 is 0. The van der Waals surface area contributed by atoms with Crippen molar-refractivity contribution in [1.29, 1.82) is 0 Å². The number of hydrogen-bond donors (Lipinski definition) is 0. The van der Waals surface area contributed by atoms with Gasteiger partial charge in [0.1, 0.15) is 0 Å². The van der Waals surface area contributed by atoms with E-state index < -0.39 is 17.5 Å². The Kier molecular flexibility index (Phi) is 3.75. The van der Waals surface area contributed by atoms with Crippen LogP contribution in [0.4, 0.5) is 13.2 Å². The van der Waals surface area contributed by atoms with Crippen molar-refractivity contribution in [2.75, 3.05) is 20.6 Å². The molecule has 0 aliphatic carbocycles. The van der Waals surface area contributed by atoms with E-state index in [1.165, 1.54) is 0 Å². The Hall–Kier alpha value is -1.47. The molecule has 0 bridgehead atoms. The van der Waals surface area contributed by atoms with Crippen LogP contribution in [-0.2, 0) is 0 Å². The van der Waals surface area contributed by atoms with Crippen LogP contribution >= 0.6 is 0 Å². The first-order chi connectivity index (χ1) is 7.00. The first-order valence-corrected chi connectivity index (χ1v) is 4.29. The molecule has 1 aromatic rings. The van der Waals surface area contributed by atoms with Crippen LogP contribution in [0.3, 0.4) is 0 Å². The number of hydrogen-bond acceptors (Lipinski definition) is 1. The molecule has 0 heterocycles. The van der Waals surface area contributed by atoms with Crippen LogP contribution in [0.25, 0.3) is 0 Å². The summed E-state index contributed by atoms with van der Waals surface area (Å²) in [5, 5.41) is 0. The highest BCUT2D eigenvalue weighted by Crippen LogP contribution is 2.12. The minimum atomic E-state index is -1.46. The van der Waals surface area contributed by atoms with Crippen LogP contribution in [0.2, 0.25) is 0 Å². The van der Waals surface area contributed by atoms with E-state index >= 15 is 0 Å². The van der Waals surface area contributed by atoms with Gasteiger partial charge in [-0.05, 0) is 26.2 Å². The summed E-state index contributed by atoms with van der Waals surface area (Å²) < 4.78 is 38.0. The van der Waals surface area contributed by atoms with Gasteiger partial charge in [-0.1, -0.05) is 11.8 Å². The van der Waals surface area contributed by atoms with Crippen LogP contribution in [0.1, 0.15) is 5.56 Å². The average molecular weight is 213 g/mol. The van der Waals surface area contributed by atoms with Gasteiger partial charge in [0.15, 0.2) is 17.5 Å². The molecule has 0 aromatic heterocycles. The van der Waals surface area contributed by atoms with Crippen molar-refractivity contribution < 1.29 is 13.2 Å². The lowest BCUT2D eigenvalue weighted by atomic mass is 10.2. The Morgan fingerprint density at radius 1 is 1.13 bits per heavy atom. The van der Waals surface area contributed by atoms with Gasteiger partial charge in [0, 0.05) is 5.56 Å². The van der Waals surface area contributed by atoms with Crippen molar-refractivity contribution in [1.82, 2.24) is 4.90 Å². The van der Waals surface area contributed by atoms with Crippen molar-refractivity contribution in [3.8, 4) is 11.8 Å². The summed E-state index contributed by atoms with van der Waals surface area (Å²) in [6.07, 6.45) is 0. The zero-order valence-corrected chi connectivity index (χ0v) is 8.44. The van der Waals surface area contributed by atoms with Crippen molar-refractivity contribution >= 4 is 0 Å². The molecule has 0 N–H and O–H groups in total. The smallest absolute Gasteiger partial charge is 0.194 e. The molecule has 0 amide bonds. The molecular formula is C11H10F3N. The molecule has 0 aliphatic rings. The molecule has 1 aromatic carbocycles. The summed E-state index contributed by atoms with van der Waals surface area (Å²) in [5.74, 6) is 1.34. The Morgan fingerprint density at radius 3 is 2.13 bits per heavy atom. The van der Waals surface area contributed by atoms with Crippen molar-refractivity contribution in [2.24, 2.45) is 0 Å². The third kappa shape index (κ3) is 3.30. The van der Waals surface area contributed by atoms with Crippen molar-refractivity contribution in [3.63, 3.8) is 0 Å². The first-order valence-electron chi connectivity index (χ1n) is 4.29. The standard InChI is InChI=1S/C11H10F3N/c1-15(2)5-3-4-8-6-9(12)11(14)10(13)7-8/h6-7H,5H2,1-2H3. The van der Waals surface area contributed by atoms with Gasteiger partial charge >= 0.3 is 0 Å². The van der Waals surface area contributed by atoms with Crippen LogP contribution < -0.4 is 0 Å². The highest BCUT2D eigenvalue weighted by Gasteiger charge is 2.08. The quantitative estimate of drug-likeness (QED) is 0.509. The summed E-state index contributed by atoms with van der Waals surface area (Å²) in [6.45, 7) is 0.473. The van der Waals surface area contributed by atoms with E-state index in [-0.39, 0.29) is 5.56 Å². The van der Waals surface area contributed by atoms with Gasteiger partial charge < -0.3 is 0 Å². The summed E-state index contributed by atoms with van der Waals surface area (Å²) in [5.41, 5.74) is 0.133. The van der Waals surface area contributed by atoms with E-state index in [1.54, 1.807) is 0 Å². The third-order valence-corrected chi connectivity index (χ3v) is 1.61. The lowest BCUT2D eigenvalue weighted by Crippen LogP contribution is -2.10. The van der Waals surface area contributed by atoms with E-state index in [1.807, 2.05) is 19.0 Å². The van der Waals surface area contributed by atoms with Crippen LogP contribution in [-0.4, -0.2) is 25.5 Å². The van der Waals surface area contributed by atoms with Gasteiger partial charge in [-0.15, -0.1) is 0 Å². The normalized spacial score (nSPS) is 10.0. The number of nitrogens with zero attached hydrogens (tertiary/aromatic N) is 1. The number of benzene rings is 1. The molecule has 0 atom stereocenters. The third-order valence-electron chi connectivity index (χ3n) is 1.61. The maximum Gasteiger partial charge on any atom is 0.194 e. The molecular weight excluding hydrogens is 203 g/mol. The average Bonchev–Trinajstić information content (AvgIpc) is 2.13. The lowest BCUT2D eigenvalue weighted by Gasteiger charge is -2.01. The molecule has 0 aliphatic heterocycles. The fraction of sp³-hybridized carbons (Fsp3) is 0.273. The largest absolute Gasteiger partial charge is 0.299 e. The molecule has 0 spiro atoms. The molecule has 1 nitrogen and oxygen atoms in total. The zero-order valence-electron chi connectivity index (χ0n) is 8.44. The lowest BCUT2D eigenvalue weighted by molar-refractivity contribution is 0.446. The molecule has 0 fully saturated rings. The van der Waals surface area contributed by atoms with E-state index in [9.17, 15) is 13.2 Å². The zero-order chi connectivity index (χ0) is 11.4. The fourth-order valence-corrected chi connectivity index (χ4v) is 0.927. The molecule has 0 radical (unpaired) electrons. The first kappa shape index (κ1) is 11.6. The molecule has 1 rings (SSSR count). The van der Waals surface area contributed by atoms with Crippen molar-refractivity contribution in [3.05, 3.63) is 35.1 Å². The molecule has 15 heavy (non-hydrogen) atoms. The van der Waals surface area contributed by atoms with Crippen LogP contribution in [0.15, 0.2) is 12.1 Å². The van der Waals surface area contributed by atoms with Crippen molar-refractivity contribution in [2.45, 2.75) is 0 Å². The van der Waals surface area contributed by atoms with Gasteiger partial charge in [-0.25, -0.2) is 13.2 Å². The van der Waals surface area contributed by atoms with Gasteiger partial charge in [0.05, 0.1) is 6.54 Å². The number of halogens is 3. The van der Waals surface area contributed by atoms with Gasteiger partial charge in [0.25, 0.3) is 0 Å². The molecule has 4 heteroatoms.